The number of fused-ring (bicyclic) bond motifs is 1. The van der Waals surface area contributed by atoms with Gasteiger partial charge < -0.3 is 19.1 Å². The van der Waals surface area contributed by atoms with E-state index in [0.717, 1.165) is 24.3 Å². The second kappa shape index (κ2) is 8.86. The molecule has 0 spiro atoms. The van der Waals surface area contributed by atoms with Gasteiger partial charge >= 0.3 is 0 Å². The van der Waals surface area contributed by atoms with E-state index in [1.54, 1.807) is 25.1 Å². The summed E-state index contributed by atoms with van der Waals surface area (Å²) in [5, 5.41) is -0.728. The zero-order valence-corrected chi connectivity index (χ0v) is 18.4. The number of rotatable bonds is 7. The summed E-state index contributed by atoms with van der Waals surface area (Å²) in [5.41, 5.74) is 0.809. The minimum absolute atomic E-state index is 0.134. The van der Waals surface area contributed by atoms with E-state index in [-0.39, 0.29) is 4.90 Å². The van der Waals surface area contributed by atoms with E-state index in [9.17, 15) is 8.42 Å². The van der Waals surface area contributed by atoms with Crippen LogP contribution in [0.2, 0.25) is 0 Å². The van der Waals surface area contributed by atoms with Crippen molar-refractivity contribution in [3.8, 4) is 17.2 Å². The quantitative estimate of drug-likeness (QED) is 0.621. The first kappa shape index (κ1) is 21.0. The average molecular weight is 432 g/mol. The standard InChI is InChI=1S/C23H29NO5S/c1-17-22(29-21-8-5-7-20(27-2)23(21)30(17,25)26)18-9-11-19(12-10-18)28-16-6-15-24-13-3-4-14-24/h5,7-12,17,22H,3-4,6,13-16H2,1-2H3/t17-,22+/m0/s1. The summed E-state index contributed by atoms with van der Waals surface area (Å²) in [5.74, 6) is 1.43. The minimum atomic E-state index is -3.58. The van der Waals surface area contributed by atoms with Crippen molar-refractivity contribution in [2.24, 2.45) is 0 Å². The summed E-state index contributed by atoms with van der Waals surface area (Å²) in [6.45, 7) is 5.83. The van der Waals surface area contributed by atoms with E-state index in [1.807, 2.05) is 24.3 Å². The Kier molecular flexibility index (Phi) is 6.20. The van der Waals surface area contributed by atoms with Crippen LogP contribution in [0.25, 0.3) is 0 Å². The molecule has 0 saturated carbocycles. The zero-order chi connectivity index (χ0) is 21.1. The van der Waals surface area contributed by atoms with Gasteiger partial charge in [-0.05, 0) is 69.1 Å². The van der Waals surface area contributed by atoms with Gasteiger partial charge in [0.25, 0.3) is 0 Å². The summed E-state index contributed by atoms with van der Waals surface area (Å²) in [6.07, 6.45) is 3.02. The van der Waals surface area contributed by atoms with Crippen LogP contribution in [-0.4, -0.2) is 51.9 Å². The molecule has 0 aliphatic carbocycles. The first-order valence-electron chi connectivity index (χ1n) is 10.5. The van der Waals surface area contributed by atoms with Crippen LogP contribution in [0.1, 0.15) is 37.9 Å². The Morgan fingerprint density at radius 3 is 2.53 bits per heavy atom. The van der Waals surface area contributed by atoms with Crippen LogP contribution >= 0.6 is 0 Å². The fourth-order valence-corrected chi connectivity index (χ4v) is 5.93. The van der Waals surface area contributed by atoms with Crippen molar-refractivity contribution in [2.75, 3.05) is 33.4 Å². The summed E-state index contributed by atoms with van der Waals surface area (Å²) in [7, 11) is -2.12. The number of hydrogen-bond acceptors (Lipinski definition) is 6. The van der Waals surface area contributed by atoms with Crippen LogP contribution in [0, 0.1) is 0 Å². The maximum absolute atomic E-state index is 13.1. The highest BCUT2D eigenvalue weighted by Crippen LogP contribution is 2.45. The molecule has 4 rings (SSSR count). The van der Waals surface area contributed by atoms with Crippen molar-refractivity contribution in [1.82, 2.24) is 4.90 Å². The van der Waals surface area contributed by atoms with Crippen molar-refractivity contribution < 1.29 is 22.6 Å². The summed E-state index contributed by atoms with van der Waals surface area (Å²) in [6, 6.07) is 12.6. The molecule has 2 aliphatic heterocycles. The second-order valence-electron chi connectivity index (χ2n) is 7.90. The number of likely N-dealkylation sites (tertiary alicyclic amines) is 1. The van der Waals surface area contributed by atoms with Gasteiger partial charge in [-0.15, -0.1) is 0 Å². The minimum Gasteiger partial charge on any atom is -0.495 e. The largest absolute Gasteiger partial charge is 0.495 e. The van der Waals surface area contributed by atoms with Gasteiger partial charge in [-0.3, -0.25) is 0 Å². The van der Waals surface area contributed by atoms with E-state index in [4.69, 9.17) is 14.2 Å². The van der Waals surface area contributed by atoms with Crippen molar-refractivity contribution in [3.05, 3.63) is 48.0 Å². The average Bonchev–Trinajstić information content (AvgIpc) is 3.27. The zero-order valence-electron chi connectivity index (χ0n) is 17.5. The second-order valence-corrected chi connectivity index (χ2v) is 10.1. The highest BCUT2D eigenvalue weighted by atomic mass is 32.2. The lowest BCUT2D eigenvalue weighted by Gasteiger charge is -2.32. The molecule has 0 unspecified atom stereocenters. The van der Waals surface area contributed by atoms with Crippen molar-refractivity contribution in [2.45, 2.75) is 42.4 Å². The molecule has 0 radical (unpaired) electrons. The lowest BCUT2D eigenvalue weighted by atomic mass is 10.1. The molecule has 1 fully saturated rings. The normalized spacial score (nSPS) is 22.9. The van der Waals surface area contributed by atoms with Crippen LogP contribution in [0.3, 0.4) is 0 Å². The molecule has 0 N–H and O–H groups in total. The molecule has 30 heavy (non-hydrogen) atoms. The lowest BCUT2D eigenvalue weighted by molar-refractivity contribution is 0.186. The molecule has 7 heteroatoms. The van der Waals surface area contributed by atoms with E-state index >= 15 is 0 Å². The number of hydrogen-bond donors (Lipinski definition) is 0. The number of methoxy groups -OCH3 is 1. The Balaban J connectivity index is 1.43. The monoisotopic (exact) mass is 431 g/mol. The Morgan fingerprint density at radius 2 is 1.83 bits per heavy atom. The SMILES string of the molecule is COc1cccc2c1S(=O)(=O)[C@@H](C)[C@H](c1ccc(OCCCN3CCCC3)cc1)O2. The summed E-state index contributed by atoms with van der Waals surface area (Å²) >= 11 is 0. The maximum Gasteiger partial charge on any atom is 0.192 e. The molecular weight excluding hydrogens is 402 g/mol. The molecule has 2 aliphatic rings. The number of nitrogens with zero attached hydrogens (tertiary/aromatic N) is 1. The highest BCUT2D eigenvalue weighted by Gasteiger charge is 2.42. The van der Waals surface area contributed by atoms with Gasteiger partial charge in [-0.2, -0.15) is 0 Å². The first-order chi connectivity index (χ1) is 14.5. The van der Waals surface area contributed by atoms with Gasteiger partial charge in [0.05, 0.1) is 13.7 Å². The van der Waals surface area contributed by atoms with Crippen molar-refractivity contribution in [1.29, 1.82) is 0 Å². The van der Waals surface area contributed by atoms with Gasteiger partial charge in [0.15, 0.2) is 14.7 Å². The molecule has 2 aromatic rings. The van der Waals surface area contributed by atoms with Crippen LogP contribution < -0.4 is 14.2 Å². The highest BCUT2D eigenvalue weighted by molar-refractivity contribution is 7.92. The van der Waals surface area contributed by atoms with E-state index in [0.29, 0.717) is 18.1 Å². The fourth-order valence-electron chi connectivity index (χ4n) is 4.19. The summed E-state index contributed by atoms with van der Waals surface area (Å²) in [4.78, 5) is 2.61. The molecule has 2 heterocycles. The van der Waals surface area contributed by atoms with Gasteiger partial charge in [-0.1, -0.05) is 18.2 Å². The van der Waals surface area contributed by atoms with E-state index < -0.39 is 21.2 Å². The smallest absolute Gasteiger partial charge is 0.192 e. The van der Waals surface area contributed by atoms with Gasteiger partial charge in [0, 0.05) is 6.54 Å². The number of ether oxygens (including phenoxy) is 3. The third-order valence-corrected chi connectivity index (χ3v) is 8.11. The molecule has 162 valence electrons. The Morgan fingerprint density at radius 1 is 1.10 bits per heavy atom. The van der Waals surface area contributed by atoms with E-state index in [1.165, 1.54) is 33.0 Å². The van der Waals surface area contributed by atoms with Gasteiger partial charge in [-0.25, -0.2) is 8.42 Å². The first-order valence-corrected chi connectivity index (χ1v) is 12.1. The van der Waals surface area contributed by atoms with Gasteiger partial charge in [0.1, 0.15) is 28.6 Å². The van der Waals surface area contributed by atoms with Crippen LogP contribution in [0.5, 0.6) is 17.2 Å². The van der Waals surface area contributed by atoms with Crippen LogP contribution in [0.15, 0.2) is 47.4 Å². The van der Waals surface area contributed by atoms with Crippen LogP contribution in [0.4, 0.5) is 0 Å². The molecule has 0 bridgehead atoms. The molecule has 0 amide bonds. The Hall–Kier alpha value is -2.25. The summed E-state index contributed by atoms with van der Waals surface area (Å²) < 4.78 is 43.5. The predicted molar refractivity (Wildman–Crippen MR) is 115 cm³/mol. The molecule has 1 saturated heterocycles. The topological polar surface area (TPSA) is 65.1 Å². The number of benzene rings is 2. The van der Waals surface area contributed by atoms with Crippen LogP contribution in [-0.2, 0) is 9.84 Å². The van der Waals surface area contributed by atoms with Crippen molar-refractivity contribution in [3.63, 3.8) is 0 Å². The molecule has 0 aromatic heterocycles. The third-order valence-electron chi connectivity index (χ3n) is 5.91. The Bertz CT molecular complexity index is 968. The maximum atomic E-state index is 13.1. The van der Waals surface area contributed by atoms with Crippen molar-refractivity contribution >= 4 is 9.84 Å². The van der Waals surface area contributed by atoms with Gasteiger partial charge in [0.2, 0.25) is 0 Å². The Labute approximate surface area is 178 Å². The van der Waals surface area contributed by atoms with E-state index in [2.05, 4.69) is 4.90 Å². The molecule has 6 nitrogen and oxygen atoms in total. The third kappa shape index (κ3) is 4.14. The fraction of sp³-hybridized carbons (Fsp3) is 0.478. The predicted octanol–water partition coefficient (Wildman–Crippen LogP) is 3.86. The molecule has 2 atom stereocenters. The molecular formula is C23H29NO5S. The lowest BCUT2D eigenvalue weighted by Crippen LogP contribution is -2.34. The number of sulfone groups is 1. The molecule has 2 aromatic carbocycles.